The summed E-state index contributed by atoms with van der Waals surface area (Å²) in [5.41, 5.74) is 1.12. The van der Waals surface area contributed by atoms with Crippen LogP contribution in [0.25, 0.3) is 11.3 Å². The molecule has 4 rings (SSSR count). The van der Waals surface area contributed by atoms with E-state index in [0.717, 1.165) is 36.8 Å². The van der Waals surface area contributed by atoms with Gasteiger partial charge in [-0.25, -0.2) is 0 Å². The molecule has 5 nitrogen and oxygen atoms in total. The first-order valence-corrected chi connectivity index (χ1v) is 9.54. The summed E-state index contributed by atoms with van der Waals surface area (Å²) >= 11 is 6.21. The number of nitrogens with one attached hydrogen (secondary N) is 1. The quantitative estimate of drug-likeness (QED) is 0.800. The Morgan fingerprint density at radius 3 is 2.65 bits per heavy atom. The van der Waals surface area contributed by atoms with Crippen LogP contribution in [0.5, 0.6) is 5.75 Å². The first-order valence-electron chi connectivity index (χ1n) is 9.16. The Balaban J connectivity index is 1.36. The smallest absolute Gasteiger partial charge is 0.137 e. The third-order valence-electron chi connectivity index (χ3n) is 5.37. The highest BCUT2D eigenvalue weighted by molar-refractivity contribution is 6.32. The molecule has 26 heavy (non-hydrogen) atoms. The predicted octanol–water partition coefficient (Wildman–Crippen LogP) is 3.56. The van der Waals surface area contributed by atoms with E-state index in [9.17, 15) is 0 Å². The average molecular weight is 377 g/mol. The number of benzene rings is 1. The van der Waals surface area contributed by atoms with Gasteiger partial charge in [0.1, 0.15) is 17.3 Å². The second-order valence-corrected chi connectivity index (χ2v) is 7.54. The lowest BCUT2D eigenvalue weighted by Gasteiger charge is -2.48. The van der Waals surface area contributed by atoms with E-state index in [0.29, 0.717) is 17.3 Å². The summed E-state index contributed by atoms with van der Waals surface area (Å²) in [5.74, 6) is 2.40. The largest absolute Gasteiger partial charge is 0.495 e. The summed E-state index contributed by atoms with van der Waals surface area (Å²) in [4.78, 5) is 2.58. The maximum absolute atomic E-state index is 6.21. The number of likely N-dealkylation sites (tertiary alicyclic amines) is 1. The van der Waals surface area contributed by atoms with Crippen molar-refractivity contribution in [1.29, 1.82) is 0 Å². The number of rotatable bonds is 7. The van der Waals surface area contributed by atoms with Gasteiger partial charge in [0.15, 0.2) is 0 Å². The van der Waals surface area contributed by atoms with E-state index in [1.807, 2.05) is 30.3 Å². The zero-order valence-electron chi connectivity index (χ0n) is 15.1. The molecule has 0 bridgehead atoms. The molecule has 1 aromatic carbocycles. The van der Waals surface area contributed by atoms with Gasteiger partial charge in [-0.2, -0.15) is 0 Å². The standard InChI is InChI=1S/C20H25ClN2O3/c1-24-19-6-4-15(10-17(19)21)18-7-5-16(26-18)11-22-12-20(13-25-14-20)23-8-2-3-9-23/h4-7,10,22H,2-3,8-9,11-14H2,1H3. The van der Waals surface area contributed by atoms with Crippen molar-refractivity contribution in [2.24, 2.45) is 0 Å². The number of hydrogen-bond acceptors (Lipinski definition) is 5. The monoisotopic (exact) mass is 376 g/mol. The van der Waals surface area contributed by atoms with Crippen molar-refractivity contribution >= 4 is 11.6 Å². The van der Waals surface area contributed by atoms with Crippen molar-refractivity contribution in [3.63, 3.8) is 0 Å². The van der Waals surface area contributed by atoms with Gasteiger partial charge in [-0.15, -0.1) is 0 Å². The van der Waals surface area contributed by atoms with Crippen LogP contribution in [-0.2, 0) is 11.3 Å². The topological polar surface area (TPSA) is 46.9 Å². The minimum atomic E-state index is 0.176. The fourth-order valence-corrected chi connectivity index (χ4v) is 4.05. The number of furan rings is 1. The van der Waals surface area contributed by atoms with Crippen molar-refractivity contribution < 1.29 is 13.9 Å². The van der Waals surface area contributed by atoms with E-state index in [-0.39, 0.29) is 5.54 Å². The molecule has 2 fully saturated rings. The molecule has 2 aromatic rings. The molecule has 2 aliphatic heterocycles. The Morgan fingerprint density at radius 2 is 2.00 bits per heavy atom. The van der Waals surface area contributed by atoms with E-state index < -0.39 is 0 Å². The van der Waals surface area contributed by atoms with Crippen LogP contribution in [-0.4, -0.2) is 50.4 Å². The normalized spacial score (nSPS) is 19.5. The zero-order valence-corrected chi connectivity index (χ0v) is 15.8. The Bertz CT molecular complexity index is 751. The van der Waals surface area contributed by atoms with Gasteiger partial charge in [0, 0.05) is 12.1 Å². The Kier molecular flexibility index (Phi) is 5.23. The predicted molar refractivity (Wildman–Crippen MR) is 102 cm³/mol. The molecule has 1 N–H and O–H groups in total. The van der Waals surface area contributed by atoms with Gasteiger partial charge >= 0.3 is 0 Å². The van der Waals surface area contributed by atoms with Gasteiger partial charge in [0.05, 0.1) is 37.4 Å². The summed E-state index contributed by atoms with van der Waals surface area (Å²) in [7, 11) is 1.61. The van der Waals surface area contributed by atoms with Gasteiger partial charge in [-0.1, -0.05) is 11.6 Å². The maximum atomic E-state index is 6.21. The van der Waals surface area contributed by atoms with Crippen LogP contribution in [0.4, 0.5) is 0 Å². The van der Waals surface area contributed by atoms with Crippen molar-refractivity contribution in [3.8, 4) is 17.1 Å². The van der Waals surface area contributed by atoms with Crippen LogP contribution < -0.4 is 10.1 Å². The van der Waals surface area contributed by atoms with Crippen LogP contribution in [0.1, 0.15) is 18.6 Å². The molecule has 3 heterocycles. The number of halogens is 1. The minimum absolute atomic E-state index is 0.176. The van der Waals surface area contributed by atoms with Crippen molar-refractivity contribution in [2.75, 3.05) is 40.0 Å². The lowest BCUT2D eigenvalue weighted by molar-refractivity contribution is -0.132. The molecule has 2 saturated heterocycles. The van der Waals surface area contributed by atoms with Gasteiger partial charge in [-0.05, 0) is 56.3 Å². The summed E-state index contributed by atoms with van der Waals surface area (Å²) in [6, 6.07) is 9.67. The molecule has 0 aliphatic carbocycles. The number of hydrogen-bond donors (Lipinski definition) is 1. The average Bonchev–Trinajstić information content (AvgIpc) is 3.29. The molecule has 0 saturated carbocycles. The molecule has 0 radical (unpaired) electrons. The van der Waals surface area contributed by atoms with Crippen LogP contribution in [0.15, 0.2) is 34.7 Å². The van der Waals surface area contributed by atoms with Crippen LogP contribution in [0.3, 0.4) is 0 Å². The van der Waals surface area contributed by atoms with Crippen molar-refractivity contribution in [2.45, 2.75) is 24.9 Å². The Morgan fingerprint density at radius 1 is 1.19 bits per heavy atom. The molecule has 0 unspecified atom stereocenters. The highest BCUT2D eigenvalue weighted by Gasteiger charge is 2.44. The first kappa shape index (κ1) is 17.9. The molecule has 6 heteroatoms. The summed E-state index contributed by atoms with van der Waals surface area (Å²) in [6.07, 6.45) is 2.60. The van der Waals surface area contributed by atoms with E-state index in [1.165, 1.54) is 25.9 Å². The molecular weight excluding hydrogens is 352 g/mol. The highest BCUT2D eigenvalue weighted by Crippen LogP contribution is 2.31. The molecule has 1 aromatic heterocycles. The molecular formula is C20H25ClN2O3. The SMILES string of the molecule is COc1ccc(-c2ccc(CNCC3(N4CCCC4)COC3)o2)cc1Cl. The number of ether oxygens (including phenoxy) is 2. The molecule has 0 spiro atoms. The van der Waals surface area contributed by atoms with E-state index in [2.05, 4.69) is 10.2 Å². The molecule has 0 atom stereocenters. The number of nitrogens with zero attached hydrogens (tertiary/aromatic N) is 1. The second kappa shape index (κ2) is 7.61. The third kappa shape index (κ3) is 3.49. The third-order valence-corrected chi connectivity index (χ3v) is 5.66. The first-order chi connectivity index (χ1) is 12.7. The fraction of sp³-hybridized carbons (Fsp3) is 0.500. The van der Waals surface area contributed by atoms with Crippen LogP contribution >= 0.6 is 11.6 Å². The van der Waals surface area contributed by atoms with Gasteiger partial charge in [-0.3, -0.25) is 4.90 Å². The zero-order chi connectivity index (χ0) is 18.0. The van der Waals surface area contributed by atoms with Crippen LogP contribution in [0.2, 0.25) is 5.02 Å². The second-order valence-electron chi connectivity index (χ2n) is 7.13. The lowest BCUT2D eigenvalue weighted by Crippen LogP contribution is -2.66. The van der Waals surface area contributed by atoms with Gasteiger partial charge in [0.2, 0.25) is 0 Å². The fourth-order valence-electron chi connectivity index (χ4n) is 3.79. The van der Waals surface area contributed by atoms with Gasteiger partial charge < -0.3 is 19.2 Å². The Hall–Kier alpha value is -1.53. The summed E-state index contributed by atoms with van der Waals surface area (Å²) in [6.45, 7) is 5.67. The summed E-state index contributed by atoms with van der Waals surface area (Å²) < 4.78 is 16.7. The van der Waals surface area contributed by atoms with E-state index in [1.54, 1.807) is 7.11 Å². The number of methoxy groups -OCH3 is 1. The molecule has 2 aliphatic rings. The lowest BCUT2D eigenvalue weighted by atomic mass is 9.95. The van der Waals surface area contributed by atoms with Gasteiger partial charge in [0.25, 0.3) is 0 Å². The van der Waals surface area contributed by atoms with E-state index >= 15 is 0 Å². The van der Waals surface area contributed by atoms with Crippen molar-refractivity contribution in [3.05, 3.63) is 41.1 Å². The minimum Gasteiger partial charge on any atom is -0.495 e. The summed E-state index contributed by atoms with van der Waals surface area (Å²) in [5, 5.41) is 4.14. The van der Waals surface area contributed by atoms with Crippen molar-refractivity contribution in [1.82, 2.24) is 10.2 Å². The highest BCUT2D eigenvalue weighted by atomic mass is 35.5. The molecule has 140 valence electrons. The molecule has 0 amide bonds. The maximum Gasteiger partial charge on any atom is 0.137 e. The van der Waals surface area contributed by atoms with Crippen LogP contribution in [0, 0.1) is 0 Å². The Labute approximate surface area is 159 Å². The van der Waals surface area contributed by atoms with E-state index in [4.69, 9.17) is 25.5 Å².